The largest absolute Gasteiger partial charge is 0.344 e. The molecule has 0 aliphatic carbocycles. The van der Waals surface area contributed by atoms with Crippen LogP contribution >= 0.6 is 0 Å². The van der Waals surface area contributed by atoms with Gasteiger partial charge < -0.3 is 30.6 Å². The molecule has 74 valence electrons. The van der Waals surface area contributed by atoms with Crippen LogP contribution in [0.3, 0.4) is 0 Å². The Morgan fingerprint density at radius 2 is 0.833 bits per heavy atom. The van der Waals surface area contributed by atoms with Gasteiger partial charge in [-0.1, -0.05) is 0 Å². The highest BCUT2D eigenvalue weighted by Gasteiger charge is 2.20. The van der Waals surface area contributed by atoms with Crippen molar-refractivity contribution in [2.75, 3.05) is 0 Å². The van der Waals surface area contributed by atoms with E-state index in [1.807, 2.05) is 0 Å². The predicted octanol–water partition coefficient (Wildman–Crippen LogP) is -2.19. The van der Waals surface area contributed by atoms with E-state index in [1.54, 1.807) is 0 Å². The zero-order chi connectivity index (χ0) is 9.83. The predicted molar refractivity (Wildman–Crippen MR) is 37.2 cm³/mol. The Morgan fingerprint density at radius 1 is 0.583 bits per heavy atom. The van der Waals surface area contributed by atoms with Gasteiger partial charge in [0.25, 0.3) is 11.9 Å². The normalized spacial score (nSPS) is 13.5. The van der Waals surface area contributed by atoms with E-state index in [2.05, 4.69) is 0 Å². The Kier molecular flexibility index (Phi) is 4.04. The molecule has 6 nitrogen and oxygen atoms in total. The van der Waals surface area contributed by atoms with Crippen LogP contribution in [0.25, 0.3) is 0 Å². The molecule has 0 bridgehead atoms. The van der Waals surface area contributed by atoms with Gasteiger partial charge in [0.15, 0.2) is 0 Å². The minimum absolute atomic E-state index is 0.160. The van der Waals surface area contributed by atoms with Crippen molar-refractivity contribution in [3.63, 3.8) is 0 Å². The molecule has 0 saturated carbocycles. The van der Waals surface area contributed by atoms with E-state index in [9.17, 15) is 0 Å². The summed E-state index contributed by atoms with van der Waals surface area (Å²) in [5.74, 6) is -5.44. The van der Waals surface area contributed by atoms with Crippen molar-refractivity contribution in [2.45, 2.75) is 37.6 Å². The summed E-state index contributed by atoms with van der Waals surface area (Å²) in [6, 6.07) is 0. The smallest absolute Gasteiger partial charge is 0.275 e. The molecule has 0 atom stereocenters. The molecule has 0 spiro atoms. The Bertz CT molecular complexity index is 105. The summed E-state index contributed by atoms with van der Waals surface area (Å²) < 4.78 is 0. The summed E-state index contributed by atoms with van der Waals surface area (Å²) in [4.78, 5) is 0. The second kappa shape index (κ2) is 4.13. The van der Waals surface area contributed by atoms with Crippen molar-refractivity contribution in [1.82, 2.24) is 0 Å². The zero-order valence-electron chi connectivity index (χ0n) is 6.51. The lowest BCUT2D eigenvalue weighted by Crippen LogP contribution is -2.28. The van der Waals surface area contributed by atoms with Gasteiger partial charge in [-0.2, -0.15) is 0 Å². The standard InChI is InChI=1S/C6H14O6/c7-5(8,9)3-1-2-4-6(10,11)12/h7-12H,1-4H2. The minimum Gasteiger partial charge on any atom is -0.344 e. The zero-order valence-corrected chi connectivity index (χ0v) is 6.51. The molecule has 0 aromatic heterocycles. The minimum atomic E-state index is -2.72. The molecule has 0 saturated heterocycles. The third-order valence-electron chi connectivity index (χ3n) is 1.27. The molecular formula is C6H14O6. The summed E-state index contributed by atoms with van der Waals surface area (Å²) in [7, 11) is 0. The molecule has 0 aromatic rings. The Morgan fingerprint density at radius 3 is 1.00 bits per heavy atom. The molecule has 0 fully saturated rings. The summed E-state index contributed by atoms with van der Waals surface area (Å²) in [6.07, 6.45) is -0.286. The highest BCUT2D eigenvalue weighted by Crippen LogP contribution is 2.12. The van der Waals surface area contributed by atoms with E-state index in [1.165, 1.54) is 0 Å². The first kappa shape index (κ1) is 11.8. The first-order chi connectivity index (χ1) is 5.21. The van der Waals surface area contributed by atoms with Gasteiger partial charge in [0, 0.05) is 12.8 Å². The highest BCUT2D eigenvalue weighted by molar-refractivity contribution is 4.52. The third kappa shape index (κ3) is 9.76. The van der Waals surface area contributed by atoms with Gasteiger partial charge in [0.2, 0.25) is 0 Å². The van der Waals surface area contributed by atoms with Crippen LogP contribution in [0.15, 0.2) is 0 Å². The monoisotopic (exact) mass is 182 g/mol. The van der Waals surface area contributed by atoms with Crippen LogP contribution in [-0.4, -0.2) is 42.6 Å². The van der Waals surface area contributed by atoms with Crippen LogP contribution in [-0.2, 0) is 0 Å². The Labute approximate surface area is 69.3 Å². The van der Waals surface area contributed by atoms with Gasteiger partial charge in [-0.15, -0.1) is 0 Å². The fourth-order valence-electron chi connectivity index (χ4n) is 0.724. The highest BCUT2D eigenvalue weighted by atomic mass is 16.7. The molecule has 6 N–H and O–H groups in total. The van der Waals surface area contributed by atoms with E-state index in [0.29, 0.717) is 0 Å². The summed E-state index contributed by atoms with van der Waals surface area (Å²) in [5, 5.41) is 50.2. The fraction of sp³-hybridized carbons (Fsp3) is 1.00. The Balaban J connectivity index is 3.35. The number of unbranched alkanes of at least 4 members (excludes halogenated alkanes) is 1. The number of aliphatic hydroxyl groups is 6. The molecule has 0 rings (SSSR count). The summed E-state index contributed by atoms with van der Waals surface area (Å²) >= 11 is 0. The van der Waals surface area contributed by atoms with Crippen LogP contribution in [0, 0.1) is 0 Å². The van der Waals surface area contributed by atoms with E-state index in [4.69, 9.17) is 30.6 Å². The Hall–Kier alpha value is -0.240. The molecule has 0 aliphatic heterocycles. The van der Waals surface area contributed by atoms with Crippen molar-refractivity contribution in [3.8, 4) is 0 Å². The topological polar surface area (TPSA) is 121 Å². The third-order valence-corrected chi connectivity index (χ3v) is 1.27. The fourth-order valence-corrected chi connectivity index (χ4v) is 0.724. The molecule has 0 radical (unpaired) electrons. The van der Waals surface area contributed by atoms with Crippen molar-refractivity contribution >= 4 is 0 Å². The number of hydrogen-bond donors (Lipinski definition) is 6. The lowest BCUT2D eigenvalue weighted by molar-refractivity contribution is -0.322. The van der Waals surface area contributed by atoms with E-state index in [0.717, 1.165) is 0 Å². The molecule has 0 unspecified atom stereocenters. The first-order valence-electron chi connectivity index (χ1n) is 3.55. The molecule has 12 heavy (non-hydrogen) atoms. The number of hydrogen-bond acceptors (Lipinski definition) is 6. The first-order valence-corrected chi connectivity index (χ1v) is 3.55. The van der Waals surface area contributed by atoms with E-state index in [-0.39, 0.29) is 25.7 Å². The second-order valence-electron chi connectivity index (χ2n) is 2.76. The van der Waals surface area contributed by atoms with Crippen molar-refractivity contribution in [2.24, 2.45) is 0 Å². The molecule has 0 aliphatic rings. The van der Waals surface area contributed by atoms with Crippen LogP contribution in [0.1, 0.15) is 25.7 Å². The molecular weight excluding hydrogens is 168 g/mol. The summed E-state index contributed by atoms with van der Waals surface area (Å²) in [5.41, 5.74) is 0. The van der Waals surface area contributed by atoms with Gasteiger partial charge in [0.1, 0.15) is 0 Å². The van der Waals surface area contributed by atoms with Crippen molar-refractivity contribution in [3.05, 3.63) is 0 Å². The maximum Gasteiger partial charge on any atom is 0.275 e. The average molecular weight is 182 g/mol. The second-order valence-corrected chi connectivity index (χ2v) is 2.76. The van der Waals surface area contributed by atoms with E-state index < -0.39 is 11.9 Å². The molecule has 0 heterocycles. The lowest BCUT2D eigenvalue weighted by Gasteiger charge is -2.16. The molecule has 6 heteroatoms. The molecule has 0 amide bonds. The SMILES string of the molecule is OC(O)(O)CCCCC(O)(O)O. The molecule has 0 aromatic carbocycles. The quantitative estimate of drug-likeness (QED) is 0.212. The van der Waals surface area contributed by atoms with Gasteiger partial charge in [-0.25, -0.2) is 0 Å². The van der Waals surface area contributed by atoms with Crippen molar-refractivity contribution in [1.29, 1.82) is 0 Å². The maximum atomic E-state index is 8.37. The van der Waals surface area contributed by atoms with Gasteiger partial charge in [-0.3, -0.25) is 0 Å². The lowest BCUT2D eigenvalue weighted by atomic mass is 10.1. The van der Waals surface area contributed by atoms with Crippen molar-refractivity contribution < 1.29 is 30.6 Å². The van der Waals surface area contributed by atoms with Crippen LogP contribution in [0.5, 0.6) is 0 Å². The van der Waals surface area contributed by atoms with Crippen LogP contribution in [0.2, 0.25) is 0 Å². The summed E-state index contributed by atoms with van der Waals surface area (Å²) in [6.45, 7) is 0. The number of rotatable bonds is 5. The maximum absolute atomic E-state index is 8.37. The van der Waals surface area contributed by atoms with Gasteiger partial charge in [-0.05, 0) is 12.8 Å². The van der Waals surface area contributed by atoms with Gasteiger partial charge in [0.05, 0.1) is 0 Å². The average Bonchev–Trinajstić information content (AvgIpc) is 1.76. The van der Waals surface area contributed by atoms with Crippen LogP contribution < -0.4 is 0 Å². The van der Waals surface area contributed by atoms with Gasteiger partial charge >= 0.3 is 0 Å². The van der Waals surface area contributed by atoms with E-state index >= 15 is 0 Å². The van der Waals surface area contributed by atoms with Crippen LogP contribution in [0.4, 0.5) is 0 Å².